The van der Waals surface area contributed by atoms with Gasteiger partial charge in [-0.25, -0.2) is 0 Å². The Hall–Kier alpha value is 0.210. The molecule has 3 heteroatoms. The minimum absolute atomic E-state index is 0. The van der Waals surface area contributed by atoms with Gasteiger partial charge in [-0.05, 0) is 50.1 Å². The van der Waals surface area contributed by atoms with Gasteiger partial charge in [-0.2, -0.15) is 0 Å². The van der Waals surface area contributed by atoms with Crippen molar-refractivity contribution in [2.24, 2.45) is 11.3 Å². The Morgan fingerprint density at radius 2 is 1.94 bits per heavy atom. The Balaban J connectivity index is 0.00000108. The lowest BCUT2D eigenvalue weighted by atomic mass is 9.86. The summed E-state index contributed by atoms with van der Waals surface area (Å²) in [7, 11) is 0. The number of hydrogen-bond acceptors (Lipinski definition) is 2. The molecule has 2 aliphatic heterocycles. The molecule has 3 aliphatic rings. The van der Waals surface area contributed by atoms with E-state index in [9.17, 15) is 0 Å². The van der Waals surface area contributed by atoms with Crippen molar-refractivity contribution in [3.63, 3.8) is 0 Å². The number of likely N-dealkylation sites (tertiary alicyclic amines) is 1. The van der Waals surface area contributed by atoms with Crippen LogP contribution >= 0.6 is 12.4 Å². The van der Waals surface area contributed by atoms with Crippen molar-refractivity contribution in [2.75, 3.05) is 32.7 Å². The van der Waals surface area contributed by atoms with E-state index in [4.69, 9.17) is 0 Å². The minimum atomic E-state index is 0. The molecule has 3 fully saturated rings. The standard InChI is InChI=1S/C14H26N2.ClH/c1-2-4-13(5-3-1)10-16-9-7-14(12-16)6-8-15-11-14;/h13,15H,1-12H2;1H. The molecule has 100 valence electrons. The molecule has 0 aromatic carbocycles. The first-order valence-corrected chi connectivity index (χ1v) is 7.29. The fraction of sp³-hybridized carbons (Fsp3) is 1.00. The van der Waals surface area contributed by atoms with Gasteiger partial charge < -0.3 is 10.2 Å². The molecule has 2 heterocycles. The van der Waals surface area contributed by atoms with E-state index in [1.54, 1.807) is 0 Å². The lowest BCUT2D eigenvalue weighted by Crippen LogP contribution is -2.32. The molecule has 1 spiro atoms. The second-order valence-corrected chi connectivity index (χ2v) is 6.42. The lowest BCUT2D eigenvalue weighted by molar-refractivity contribution is 0.211. The Morgan fingerprint density at radius 1 is 1.12 bits per heavy atom. The molecule has 1 atom stereocenters. The second kappa shape index (κ2) is 5.90. The van der Waals surface area contributed by atoms with Crippen LogP contribution in [0, 0.1) is 11.3 Å². The average molecular weight is 259 g/mol. The summed E-state index contributed by atoms with van der Waals surface area (Å²) >= 11 is 0. The molecule has 0 aromatic heterocycles. The number of nitrogens with zero attached hydrogens (tertiary/aromatic N) is 1. The predicted octanol–water partition coefficient (Wildman–Crippen LogP) is 2.67. The van der Waals surface area contributed by atoms with E-state index in [1.807, 2.05) is 0 Å². The van der Waals surface area contributed by atoms with Crippen molar-refractivity contribution in [3.8, 4) is 0 Å². The minimum Gasteiger partial charge on any atom is -0.316 e. The largest absolute Gasteiger partial charge is 0.316 e. The zero-order chi connectivity index (χ0) is 10.8. The molecule has 3 rings (SSSR count). The normalized spacial score (nSPS) is 35.3. The van der Waals surface area contributed by atoms with E-state index in [0.717, 1.165) is 5.92 Å². The first-order valence-electron chi connectivity index (χ1n) is 7.29. The first-order chi connectivity index (χ1) is 7.86. The summed E-state index contributed by atoms with van der Waals surface area (Å²) in [6, 6.07) is 0. The number of rotatable bonds is 2. The molecule has 17 heavy (non-hydrogen) atoms. The maximum Gasteiger partial charge on any atom is 0.00512 e. The Kier molecular flexibility index (Phi) is 4.73. The van der Waals surface area contributed by atoms with Crippen molar-refractivity contribution >= 4 is 12.4 Å². The summed E-state index contributed by atoms with van der Waals surface area (Å²) < 4.78 is 0. The van der Waals surface area contributed by atoms with E-state index >= 15 is 0 Å². The van der Waals surface area contributed by atoms with Crippen LogP contribution in [0.2, 0.25) is 0 Å². The molecule has 0 aromatic rings. The van der Waals surface area contributed by atoms with Crippen LogP contribution in [0.4, 0.5) is 0 Å². The van der Waals surface area contributed by atoms with Crippen molar-refractivity contribution in [1.82, 2.24) is 10.2 Å². The monoisotopic (exact) mass is 258 g/mol. The highest BCUT2D eigenvalue weighted by molar-refractivity contribution is 5.85. The summed E-state index contributed by atoms with van der Waals surface area (Å²) in [5.41, 5.74) is 0.675. The van der Waals surface area contributed by atoms with Gasteiger partial charge in [-0.3, -0.25) is 0 Å². The van der Waals surface area contributed by atoms with Crippen LogP contribution in [0.5, 0.6) is 0 Å². The molecule has 2 nitrogen and oxygen atoms in total. The van der Waals surface area contributed by atoms with Crippen LogP contribution in [0.25, 0.3) is 0 Å². The highest BCUT2D eigenvalue weighted by Crippen LogP contribution is 2.37. The quantitative estimate of drug-likeness (QED) is 0.819. The smallest absolute Gasteiger partial charge is 0.00512 e. The van der Waals surface area contributed by atoms with E-state index in [1.165, 1.54) is 77.7 Å². The van der Waals surface area contributed by atoms with Gasteiger partial charge in [0.25, 0.3) is 0 Å². The Morgan fingerprint density at radius 3 is 2.65 bits per heavy atom. The van der Waals surface area contributed by atoms with Crippen LogP contribution in [-0.2, 0) is 0 Å². The summed E-state index contributed by atoms with van der Waals surface area (Å²) in [6.07, 6.45) is 10.4. The Bertz CT molecular complexity index is 232. The van der Waals surface area contributed by atoms with E-state index < -0.39 is 0 Å². The topological polar surface area (TPSA) is 15.3 Å². The van der Waals surface area contributed by atoms with Crippen LogP contribution in [0.1, 0.15) is 44.9 Å². The molecule has 0 bridgehead atoms. The summed E-state index contributed by atoms with van der Waals surface area (Å²) in [5, 5.41) is 3.55. The van der Waals surface area contributed by atoms with Gasteiger partial charge in [0.15, 0.2) is 0 Å². The third kappa shape index (κ3) is 3.15. The fourth-order valence-corrected chi connectivity index (χ4v) is 4.06. The van der Waals surface area contributed by atoms with Gasteiger partial charge in [0.1, 0.15) is 0 Å². The van der Waals surface area contributed by atoms with Gasteiger partial charge in [-0.1, -0.05) is 19.3 Å². The number of halogens is 1. The van der Waals surface area contributed by atoms with Crippen molar-refractivity contribution in [3.05, 3.63) is 0 Å². The molecule has 1 N–H and O–H groups in total. The second-order valence-electron chi connectivity index (χ2n) is 6.42. The molecule has 2 saturated heterocycles. The van der Waals surface area contributed by atoms with Crippen molar-refractivity contribution in [2.45, 2.75) is 44.9 Å². The SMILES string of the molecule is C1CCC(CN2CCC3(CCNC3)C2)CC1.Cl. The molecule has 0 amide bonds. The van der Waals surface area contributed by atoms with Gasteiger partial charge in [0.2, 0.25) is 0 Å². The number of hydrogen-bond donors (Lipinski definition) is 1. The zero-order valence-corrected chi connectivity index (χ0v) is 11.7. The van der Waals surface area contributed by atoms with E-state index in [0.29, 0.717) is 5.41 Å². The summed E-state index contributed by atoms with van der Waals surface area (Å²) in [5.74, 6) is 1.03. The van der Waals surface area contributed by atoms with Gasteiger partial charge in [0.05, 0.1) is 0 Å². The molecule has 1 unspecified atom stereocenters. The van der Waals surface area contributed by atoms with Gasteiger partial charge in [-0.15, -0.1) is 12.4 Å². The maximum absolute atomic E-state index is 3.55. The highest BCUT2D eigenvalue weighted by atomic mass is 35.5. The molecular formula is C14H27ClN2. The van der Waals surface area contributed by atoms with Crippen LogP contribution in [0.15, 0.2) is 0 Å². The lowest BCUT2D eigenvalue weighted by Gasteiger charge is -2.28. The first kappa shape index (κ1) is 13.6. The zero-order valence-electron chi connectivity index (χ0n) is 10.9. The third-order valence-corrected chi connectivity index (χ3v) is 5.09. The number of nitrogens with one attached hydrogen (secondary N) is 1. The van der Waals surface area contributed by atoms with Crippen molar-refractivity contribution in [1.29, 1.82) is 0 Å². The van der Waals surface area contributed by atoms with Crippen LogP contribution in [-0.4, -0.2) is 37.6 Å². The van der Waals surface area contributed by atoms with Crippen LogP contribution < -0.4 is 5.32 Å². The van der Waals surface area contributed by atoms with Gasteiger partial charge in [0, 0.05) is 19.6 Å². The third-order valence-electron chi connectivity index (χ3n) is 5.09. The summed E-state index contributed by atoms with van der Waals surface area (Å²) in [6.45, 7) is 6.71. The highest BCUT2D eigenvalue weighted by Gasteiger charge is 2.40. The van der Waals surface area contributed by atoms with Crippen LogP contribution in [0.3, 0.4) is 0 Å². The molecule has 1 aliphatic carbocycles. The summed E-state index contributed by atoms with van der Waals surface area (Å²) in [4.78, 5) is 2.77. The fourth-order valence-electron chi connectivity index (χ4n) is 4.06. The molecule has 0 radical (unpaired) electrons. The maximum atomic E-state index is 3.55. The van der Waals surface area contributed by atoms with E-state index in [2.05, 4.69) is 10.2 Å². The average Bonchev–Trinajstić information content (AvgIpc) is 2.92. The Labute approximate surface area is 112 Å². The molecular weight excluding hydrogens is 232 g/mol. The predicted molar refractivity (Wildman–Crippen MR) is 74.8 cm³/mol. The molecule has 1 saturated carbocycles. The van der Waals surface area contributed by atoms with Crippen molar-refractivity contribution < 1.29 is 0 Å². The van der Waals surface area contributed by atoms with E-state index in [-0.39, 0.29) is 12.4 Å². The van der Waals surface area contributed by atoms with Gasteiger partial charge >= 0.3 is 0 Å².